The highest BCUT2D eigenvalue weighted by Gasteiger charge is 2.31. The Balaban J connectivity index is 1.76. The van der Waals surface area contributed by atoms with Crippen molar-refractivity contribution >= 4 is 39.8 Å². The van der Waals surface area contributed by atoms with Crippen LogP contribution in [0.4, 0.5) is 5.69 Å². The first kappa shape index (κ1) is 17.7. The van der Waals surface area contributed by atoms with Crippen molar-refractivity contribution in [3.63, 3.8) is 0 Å². The first-order valence-corrected chi connectivity index (χ1v) is 9.77. The zero-order valence-corrected chi connectivity index (χ0v) is 16.5. The summed E-state index contributed by atoms with van der Waals surface area (Å²) >= 11 is 6.14. The van der Waals surface area contributed by atoms with E-state index in [0.29, 0.717) is 5.02 Å². The summed E-state index contributed by atoms with van der Waals surface area (Å²) in [6.07, 6.45) is 1.20. The second kappa shape index (κ2) is 6.90. The van der Waals surface area contributed by atoms with Crippen molar-refractivity contribution in [2.24, 2.45) is 4.99 Å². The molecule has 0 spiro atoms. The number of para-hydroxylation sites is 1. The van der Waals surface area contributed by atoms with Crippen molar-refractivity contribution in [3.05, 3.63) is 101 Å². The van der Waals surface area contributed by atoms with Crippen LogP contribution in [0.25, 0.3) is 10.9 Å². The lowest BCUT2D eigenvalue weighted by Gasteiger charge is -2.21. The van der Waals surface area contributed by atoms with E-state index in [2.05, 4.69) is 0 Å². The maximum Gasteiger partial charge on any atom is 0.272 e. The monoisotopic (exact) mass is 399 g/mol. The van der Waals surface area contributed by atoms with Crippen molar-refractivity contribution in [3.8, 4) is 0 Å². The van der Waals surface area contributed by atoms with E-state index in [1.165, 1.54) is 0 Å². The van der Waals surface area contributed by atoms with Crippen molar-refractivity contribution in [2.45, 2.75) is 6.17 Å². The minimum absolute atomic E-state index is 0.0872. The molecule has 3 aromatic carbocycles. The molecular formula is C24H18ClN3O. The zero-order valence-electron chi connectivity index (χ0n) is 15.8. The number of amides is 1. The number of aromatic nitrogens is 1. The van der Waals surface area contributed by atoms with Crippen LogP contribution in [-0.4, -0.2) is 23.2 Å². The number of nitrogens with zero attached hydrogens (tertiary/aromatic N) is 3. The molecule has 0 saturated carbocycles. The van der Waals surface area contributed by atoms with E-state index in [1.807, 2.05) is 89.6 Å². The van der Waals surface area contributed by atoms with E-state index in [4.69, 9.17) is 16.6 Å². The van der Waals surface area contributed by atoms with E-state index in [1.54, 1.807) is 11.9 Å². The van der Waals surface area contributed by atoms with Gasteiger partial charge in [-0.2, -0.15) is 0 Å². The highest BCUT2D eigenvalue weighted by atomic mass is 35.5. The molecule has 0 fully saturated rings. The molecule has 5 heteroatoms. The highest BCUT2D eigenvalue weighted by Crippen LogP contribution is 2.32. The fourth-order valence-corrected chi connectivity index (χ4v) is 4.04. The van der Waals surface area contributed by atoms with Gasteiger partial charge in [0.1, 0.15) is 0 Å². The molecule has 2 heterocycles. The van der Waals surface area contributed by atoms with E-state index >= 15 is 0 Å². The summed E-state index contributed by atoms with van der Waals surface area (Å²) in [6.45, 7) is 0. The summed E-state index contributed by atoms with van der Waals surface area (Å²) in [6, 6.07) is 25.5. The third-order valence-electron chi connectivity index (χ3n) is 5.32. The molecule has 1 aliphatic rings. The van der Waals surface area contributed by atoms with Gasteiger partial charge < -0.3 is 9.47 Å². The summed E-state index contributed by atoms with van der Waals surface area (Å²) in [7, 11) is 1.81. The minimum Gasteiger partial charge on any atom is -0.317 e. The van der Waals surface area contributed by atoms with Crippen LogP contribution in [0, 0.1) is 0 Å². The van der Waals surface area contributed by atoms with Crippen LogP contribution in [0.15, 0.2) is 90.1 Å². The maximum atomic E-state index is 13.5. The number of fused-ring (bicyclic) bond motifs is 2. The molecule has 4 aromatic rings. The lowest BCUT2D eigenvalue weighted by molar-refractivity contribution is -0.121. The number of rotatable bonds is 2. The van der Waals surface area contributed by atoms with Crippen LogP contribution in [-0.2, 0) is 4.79 Å². The molecule has 1 amide bonds. The third-order valence-corrected chi connectivity index (χ3v) is 5.55. The van der Waals surface area contributed by atoms with E-state index in [-0.39, 0.29) is 5.91 Å². The van der Waals surface area contributed by atoms with Gasteiger partial charge in [-0.05, 0) is 30.3 Å². The van der Waals surface area contributed by atoms with Crippen LogP contribution in [0.5, 0.6) is 0 Å². The van der Waals surface area contributed by atoms with Gasteiger partial charge in [-0.15, -0.1) is 0 Å². The number of anilines is 1. The molecule has 4 nitrogen and oxygen atoms in total. The van der Waals surface area contributed by atoms with Crippen LogP contribution in [0.2, 0.25) is 5.02 Å². The summed E-state index contributed by atoms with van der Waals surface area (Å²) in [5, 5.41) is 1.65. The average Bonchev–Trinajstić information content (AvgIpc) is 3.12. The predicted octanol–water partition coefficient (Wildman–Crippen LogP) is 5.31. The number of likely N-dealkylation sites (N-methyl/N-ethyl adjacent to an activating group) is 1. The number of carbonyl (C=O) groups excluding carboxylic acids is 1. The summed E-state index contributed by atoms with van der Waals surface area (Å²) in [4.78, 5) is 20.2. The van der Waals surface area contributed by atoms with E-state index in [9.17, 15) is 4.79 Å². The Labute approximate surface area is 173 Å². The molecule has 0 bridgehead atoms. The summed E-state index contributed by atoms with van der Waals surface area (Å²) in [5.74, 6) is -0.0872. The average molecular weight is 400 g/mol. The van der Waals surface area contributed by atoms with Crippen LogP contribution in [0.3, 0.4) is 0 Å². The van der Waals surface area contributed by atoms with Gasteiger partial charge in [0.25, 0.3) is 5.91 Å². The summed E-state index contributed by atoms with van der Waals surface area (Å²) in [5.41, 5.74) is 4.49. The maximum absolute atomic E-state index is 13.5. The molecule has 0 unspecified atom stereocenters. The molecule has 1 aliphatic heterocycles. The molecule has 0 N–H and O–H groups in total. The molecule has 142 valence electrons. The quantitative estimate of drug-likeness (QED) is 0.450. The number of aliphatic imine (C=N–C) groups is 1. The second-order valence-electron chi connectivity index (χ2n) is 7.06. The highest BCUT2D eigenvalue weighted by molar-refractivity contribution is 6.31. The number of benzene rings is 3. The Bertz CT molecular complexity index is 1260. The van der Waals surface area contributed by atoms with E-state index in [0.717, 1.165) is 33.4 Å². The normalized spacial score (nSPS) is 16.5. The smallest absolute Gasteiger partial charge is 0.272 e. The van der Waals surface area contributed by atoms with Gasteiger partial charge in [0.15, 0.2) is 0 Å². The number of carbonyl (C=O) groups is 1. The predicted molar refractivity (Wildman–Crippen MR) is 118 cm³/mol. The van der Waals surface area contributed by atoms with Crippen LogP contribution in [0.1, 0.15) is 17.3 Å². The van der Waals surface area contributed by atoms with Gasteiger partial charge in [-0.1, -0.05) is 60.1 Å². The Morgan fingerprint density at radius 3 is 2.52 bits per heavy atom. The van der Waals surface area contributed by atoms with Crippen molar-refractivity contribution in [2.75, 3.05) is 11.9 Å². The molecule has 0 radical (unpaired) electrons. The topological polar surface area (TPSA) is 37.6 Å². The van der Waals surface area contributed by atoms with Gasteiger partial charge in [-0.3, -0.25) is 4.79 Å². The Hall–Kier alpha value is -3.37. The molecular weight excluding hydrogens is 382 g/mol. The minimum atomic E-state index is -0.707. The number of halogens is 1. The van der Waals surface area contributed by atoms with Gasteiger partial charge in [-0.25, -0.2) is 4.99 Å². The fourth-order valence-electron chi connectivity index (χ4n) is 3.86. The third kappa shape index (κ3) is 2.93. The van der Waals surface area contributed by atoms with Crippen LogP contribution >= 0.6 is 11.6 Å². The molecule has 5 rings (SSSR count). The number of hydrogen-bond acceptors (Lipinski definition) is 2. The molecule has 1 aromatic heterocycles. The summed E-state index contributed by atoms with van der Waals surface area (Å²) < 4.78 is 1.92. The second-order valence-corrected chi connectivity index (χ2v) is 7.49. The fraction of sp³-hybridized carbons (Fsp3) is 0.0833. The number of hydrogen-bond donors (Lipinski definition) is 0. The Morgan fingerprint density at radius 2 is 1.69 bits per heavy atom. The molecule has 29 heavy (non-hydrogen) atoms. The first-order chi connectivity index (χ1) is 14.1. The van der Waals surface area contributed by atoms with Gasteiger partial charge in [0.2, 0.25) is 6.17 Å². The lowest BCUT2D eigenvalue weighted by atomic mass is 10.0. The van der Waals surface area contributed by atoms with Crippen molar-refractivity contribution in [1.29, 1.82) is 0 Å². The molecule has 1 atom stereocenters. The van der Waals surface area contributed by atoms with Crippen molar-refractivity contribution < 1.29 is 4.79 Å². The number of benzodiazepines with no additional fused rings is 1. The van der Waals surface area contributed by atoms with Crippen LogP contribution < -0.4 is 4.90 Å². The SMILES string of the molecule is CN1C(=O)[C@H](n2ccc3cc(Cl)ccc32)N=C(c2ccccc2)c2ccccc21. The largest absolute Gasteiger partial charge is 0.317 e. The zero-order chi connectivity index (χ0) is 20.0. The van der Waals surface area contributed by atoms with Gasteiger partial charge in [0, 0.05) is 34.8 Å². The van der Waals surface area contributed by atoms with E-state index < -0.39 is 6.17 Å². The standard InChI is InChI=1S/C24H18ClN3O/c1-27-21-10-6-5-9-19(21)22(16-7-3-2-4-8-16)26-23(24(27)29)28-14-13-17-15-18(25)11-12-20(17)28/h2-15,23H,1H3/t23-/m0/s1. The van der Waals surface area contributed by atoms with Gasteiger partial charge >= 0.3 is 0 Å². The molecule has 0 saturated heterocycles. The van der Waals surface area contributed by atoms with Crippen molar-refractivity contribution in [1.82, 2.24) is 4.57 Å². The lowest BCUT2D eigenvalue weighted by Crippen LogP contribution is -2.32. The Kier molecular flexibility index (Phi) is 4.22. The van der Waals surface area contributed by atoms with Gasteiger partial charge in [0.05, 0.1) is 16.9 Å². The molecule has 0 aliphatic carbocycles. The first-order valence-electron chi connectivity index (χ1n) is 9.40. The Morgan fingerprint density at radius 1 is 0.931 bits per heavy atom.